The summed E-state index contributed by atoms with van der Waals surface area (Å²) >= 11 is 2.91. The first-order valence-corrected chi connectivity index (χ1v) is 10.1. The van der Waals surface area contributed by atoms with Gasteiger partial charge in [0.05, 0.1) is 4.88 Å². The molecule has 4 heteroatoms. The van der Waals surface area contributed by atoms with Crippen LogP contribution in [0.2, 0.25) is 0 Å². The fraction of sp³-hybridized carbons (Fsp3) is 0.286. The fourth-order valence-electron chi connectivity index (χ4n) is 2.90. The number of carbonyl (C=O) groups excluding carboxylic acids is 1. The SMILES string of the molecule is Cc1cc(CCc2ccc(C(=O)SC3=CCCC=C3)s2)cc(C)c1O. The molecule has 0 radical (unpaired) electrons. The van der Waals surface area contributed by atoms with Crippen molar-refractivity contribution in [3.8, 4) is 5.75 Å². The predicted octanol–water partition coefficient (Wildman–Crippen LogP) is 5.96. The topological polar surface area (TPSA) is 37.3 Å². The molecule has 1 heterocycles. The molecule has 3 rings (SSSR count). The van der Waals surface area contributed by atoms with E-state index < -0.39 is 0 Å². The molecule has 0 saturated carbocycles. The summed E-state index contributed by atoms with van der Waals surface area (Å²) in [6, 6.07) is 8.08. The molecule has 0 spiro atoms. The maximum Gasteiger partial charge on any atom is 0.234 e. The van der Waals surface area contributed by atoms with Crippen molar-refractivity contribution in [3.63, 3.8) is 0 Å². The Labute approximate surface area is 157 Å². The van der Waals surface area contributed by atoms with E-state index in [4.69, 9.17) is 0 Å². The first kappa shape index (κ1) is 18.0. The van der Waals surface area contributed by atoms with E-state index in [0.29, 0.717) is 5.75 Å². The minimum absolute atomic E-state index is 0.130. The zero-order chi connectivity index (χ0) is 17.8. The standard InChI is InChI=1S/C21H22O2S2/c1-14-12-16(13-15(2)20(14)22)8-9-18-10-11-19(24-18)21(23)25-17-6-4-3-5-7-17/h4,6-7,10-13,22H,3,5,8-9H2,1-2H3. The Morgan fingerprint density at radius 3 is 2.60 bits per heavy atom. The lowest BCUT2D eigenvalue weighted by molar-refractivity contribution is 0.109. The molecular formula is C21H22O2S2. The number of allylic oxidation sites excluding steroid dienone is 3. The van der Waals surface area contributed by atoms with Crippen LogP contribution in [-0.2, 0) is 12.8 Å². The van der Waals surface area contributed by atoms with Gasteiger partial charge in [-0.1, -0.05) is 30.4 Å². The lowest BCUT2D eigenvalue weighted by atomic mass is 10.0. The molecule has 130 valence electrons. The molecule has 0 aliphatic heterocycles. The van der Waals surface area contributed by atoms with Crippen molar-refractivity contribution in [1.29, 1.82) is 0 Å². The summed E-state index contributed by atoms with van der Waals surface area (Å²) in [5, 5.41) is 10.00. The summed E-state index contributed by atoms with van der Waals surface area (Å²) in [5.41, 5.74) is 3.06. The highest BCUT2D eigenvalue weighted by Crippen LogP contribution is 2.30. The van der Waals surface area contributed by atoms with Crippen LogP contribution in [0.1, 0.15) is 44.1 Å². The van der Waals surface area contributed by atoms with E-state index in [2.05, 4.69) is 18.2 Å². The predicted molar refractivity (Wildman–Crippen MR) is 108 cm³/mol. The summed E-state index contributed by atoms with van der Waals surface area (Å²) in [7, 11) is 0. The number of phenolic OH excluding ortho intramolecular Hbond substituents is 1. The summed E-state index contributed by atoms with van der Waals surface area (Å²) in [5.74, 6) is 0.385. The summed E-state index contributed by atoms with van der Waals surface area (Å²) in [4.78, 5) is 15.5. The maximum atomic E-state index is 12.4. The van der Waals surface area contributed by atoms with Crippen molar-refractivity contribution in [2.45, 2.75) is 39.5 Å². The van der Waals surface area contributed by atoms with Crippen LogP contribution in [0.3, 0.4) is 0 Å². The molecule has 1 aliphatic rings. The van der Waals surface area contributed by atoms with Gasteiger partial charge in [-0.05, 0) is 80.1 Å². The van der Waals surface area contributed by atoms with Crippen LogP contribution in [-0.4, -0.2) is 10.2 Å². The van der Waals surface area contributed by atoms with Crippen LogP contribution in [0, 0.1) is 13.8 Å². The molecule has 0 unspecified atom stereocenters. The van der Waals surface area contributed by atoms with Crippen LogP contribution in [0.25, 0.3) is 0 Å². The van der Waals surface area contributed by atoms with Gasteiger partial charge in [-0.15, -0.1) is 11.3 Å². The number of thiophene rings is 1. The largest absolute Gasteiger partial charge is 0.507 e. The molecule has 0 amide bonds. The van der Waals surface area contributed by atoms with E-state index in [1.54, 1.807) is 11.3 Å². The molecule has 0 saturated heterocycles. The van der Waals surface area contributed by atoms with Gasteiger partial charge in [0, 0.05) is 9.78 Å². The van der Waals surface area contributed by atoms with Gasteiger partial charge < -0.3 is 5.11 Å². The zero-order valence-electron chi connectivity index (χ0n) is 14.5. The molecule has 1 aromatic carbocycles. The highest BCUT2D eigenvalue weighted by molar-refractivity contribution is 8.17. The quantitative estimate of drug-likeness (QED) is 0.705. The third kappa shape index (κ3) is 4.65. The van der Waals surface area contributed by atoms with Crippen molar-refractivity contribution in [2.24, 2.45) is 0 Å². The fourth-order valence-corrected chi connectivity index (χ4v) is 4.74. The molecule has 1 aromatic heterocycles. The van der Waals surface area contributed by atoms with Crippen molar-refractivity contribution < 1.29 is 9.90 Å². The average Bonchev–Trinajstić information content (AvgIpc) is 3.08. The lowest BCUT2D eigenvalue weighted by Gasteiger charge is -2.07. The van der Waals surface area contributed by atoms with Gasteiger partial charge in [0.25, 0.3) is 0 Å². The van der Waals surface area contributed by atoms with E-state index >= 15 is 0 Å². The molecule has 2 aromatic rings. The van der Waals surface area contributed by atoms with E-state index in [9.17, 15) is 9.90 Å². The molecule has 0 fully saturated rings. The van der Waals surface area contributed by atoms with E-state index in [1.807, 2.05) is 38.1 Å². The van der Waals surface area contributed by atoms with Gasteiger partial charge >= 0.3 is 0 Å². The molecule has 1 N–H and O–H groups in total. The number of rotatable bonds is 5. The van der Waals surface area contributed by atoms with Crippen molar-refractivity contribution in [3.05, 3.63) is 73.8 Å². The smallest absolute Gasteiger partial charge is 0.234 e. The van der Waals surface area contributed by atoms with Crippen LogP contribution < -0.4 is 0 Å². The Balaban J connectivity index is 1.61. The molecule has 2 nitrogen and oxygen atoms in total. The lowest BCUT2D eigenvalue weighted by Crippen LogP contribution is -1.92. The van der Waals surface area contributed by atoms with E-state index in [0.717, 1.165) is 46.6 Å². The number of phenols is 1. The maximum absolute atomic E-state index is 12.4. The highest BCUT2D eigenvalue weighted by atomic mass is 32.2. The van der Waals surface area contributed by atoms with Gasteiger partial charge in [-0.3, -0.25) is 4.79 Å². The van der Waals surface area contributed by atoms with Gasteiger partial charge in [-0.2, -0.15) is 0 Å². The highest BCUT2D eigenvalue weighted by Gasteiger charge is 2.13. The third-order valence-electron chi connectivity index (χ3n) is 4.25. The van der Waals surface area contributed by atoms with Crippen molar-refractivity contribution in [1.82, 2.24) is 0 Å². The Morgan fingerprint density at radius 2 is 1.92 bits per heavy atom. The van der Waals surface area contributed by atoms with Gasteiger partial charge in [0.2, 0.25) is 5.12 Å². The second kappa shape index (κ2) is 8.07. The van der Waals surface area contributed by atoms with Crippen molar-refractivity contribution >= 4 is 28.2 Å². The van der Waals surface area contributed by atoms with E-state index in [-0.39, 0.29) is 5.12 Å². The molecular weight excluding hydrogens is 348 g/mol. The summed E-state index contributed by atoms with van der Waals surface area (Å²) < 4.78 is 0. The number of aromatic hydroxyl groups is 1. The van der Waals surface area contributed by atoms with Crippen molar-refractivity contribution in [2.75, 3.05) is 0 Å². The van der Waals surface area contributed by atoms with Crippen LogP contribution in [0.15, 0.2) is 47.4 Å². The first-order valence-electron chi connectivity index (χ1n) is 8.49. The third-order valence-corrected chi connectivity index (χ3v) is 6.46. The van der Waals surface area contributed by atoms with E-state index in [1.165, 1.54) is 22.2 Å². The number of thioether (sulfide) groups is 1. The minimum atomic E-state index is 0.130. The Hall–Kier alpha value is -1.78. The van der Waals surface area contributed by atoms with Gasteiger partial charge in [0.1, 0.15) is 5.75 Å². The zero-order valence-corrected chi connectivity index (χ0v) is 16.2. The second-order valence-corrected chi connectivity index (χ2v) is 8.53. The number of carbonyl (C=O) groups is 1. The summed E-state index contributed by atoms with van der Waals surface area (Å²) in [6.07, 6.45) is 10.2. The van der Waals surface area contributed by atoms with Crippen LogP contribution in [0.4, 0.5) is 0 Å². The number of aryl methyl sites for hydroxylation is 4. The van der Waals surface area contributed by atoms with Gasteiger partial charge in [0.15, 0.2) is 0 Å². The monoisotopic (exact) mass is 370 g/mol. The Kier molecular flexibility index (Phi) is 5.82. The average molecular weight is 371 g/mol. The number of hydrogen-bond acceptors (Lipinski definition) is 4. The molecule has 1 aliphatic carbocycles. The number of hydrogen-bond donors (Lipinski definition) is 1. The normalized spacial score (nSPS) is 13.8. The Bertz CT molecular complexity index is 820. The van der Waals surface area contributed by atoms with Crippen LogP contribution in [0.5, 0.6) is 5.75 Å². The molecule has 25 heavy (non-hydrogen) atoms. The van der Waals surface area contributed by atoms with Crippen LogP contribution >= 0.6 is 23.1 Å². The number of benzene rings is 1. The summed E-state index contributed by atoms with van der Waals surface area (Å²) in [6.45, 7) is 3.86. The minimum Gasteiger partial charge on any atom is -0.507 e. The van der Waals surface area contributed by atoms with Gasteiger partial charge in [-0.25, -0.2) is 0 Å². The molecule has 0 atom stereocenters. The Morgan fingerprint density at radius 1 is 1.16 bits per heavy atom. The first-order chi connectivity index (χ1) is 12.0. The molecule has 0 bridgehead atoms. The second-order valence-electron chi connectivity index (χ2n) is 6.32.